The van der Waals surface area contributed by atoms with Crippen LogP contribution in [0.1, 0.15) is 30.1 Å². The van der Waals surface area contributed by atoms with E-state index in [-0.39, 0.29) is 5.91 Å². The number of hydrogen-bond donors (Lipinski definition) is 1. The third-order valence-corrected chi connectivity index (χ3v) is 2.63. The maximum absolute atomic E-state index is 11.6. The molecule has 1 aromatic rings. The lowest BCUT2D eigenvalue weighted by Crippen LogP contribution is -2.33. The Morgan fingerprint density at radius 1 is 1.50 bits per heavy atom. The first-order valence-electron chi connectivity index (χ1n) is 4.98. The van der Waals surface area contributed by atoms with E-state index in [0.29, 0.717) is 17.5 Å². The highest BCUT2D eigenvalue weighted by Gasteiger charge is 2.28. The molecule has 1 atom stereocenters. The van der Waals surface area contributed by atoms with Crippen LogP contribution in [0.15, 0.2) is 24.5 Å². The van der Waals surface area contributed by atoms with Gasteiger partial charge in [0, 0.05) is 24.0 Å². The molecule has 1 aromatic heterocycles. The molecule has 0 aliphatic heterocycles. The van der Waals surface area contributed by atoms with Crippen LogP contribution in [0.5, 0.6) is 0 Å². The summed E-state index contributed by atoms with van der Waals surface area (Å²) in [6.45, 7) is 2.07. The lowest BCUT2D eigenvalue weighted by atomic mass is 10.2. The van der Waals surface area contributed by atoms with Gasteiger partial charge in [0.1, 0.15) is 0 Å². The van der Waals surface area contributed by atoms with E-state index in [2.05, 4.69) is 17.2 Å². The number of hydrogen-bond acceptors (Lipinski definition) is 2. The van der Waals surface area contributed by atoms with Crippen molar-refractivity contribution in [2.75, 3.05) is 0 Å². The molecule has 0 radical (unpaired) electrons. The van der Waals surface area contributed by atoms with Crippen LogP contribution in [0.3, 0.4) is 0 Å². The van der Waals surface area contributed by atoms with Crippen LogP contribution in [0.4, 0.5) is 0 Å². The van der Waals surface area contributed by atoms with Crippen LogP contribution >= 0.6 is 0 Å². The predicted octanol–water partition coefficient (Wildman–Crippen LogP) is 1.61. The minimum Gasteiger partial charge on any atom is -0.349 e. The van der Waals surface area contributed by atoms with E-state index >= 15 is 0 Å². The van der Waals surface area contributed by atoms with E-state index in [0.717, 1.165) is 0 Å². The van der Waals surface area contributed by atoms with Crippen LogP contribution < -0.4 is 5.32 Å². The van der Waals surface area contributed by atoms with Crippen LogP contribution in [0.2, 0.25) is 0 Å². The zero-order valence-corrected chi connectivity index (χ0v) is 8.23. The van der Waals surface area contributed by atoms with Gasteiger partial charge >= 0.3 is 0 Å². The van der Waals surface area contributed by atoms with Crippen LogP contribution in [0.25, 0.3) is 0 Å². The Bertz CT molecular complexity index is 319. The number of nitrogens with zero attached hydrogens (tertiary/aromatic N) is 1. The normalized spacial score (nSPS) is 17.5. The molecule has 1 aliphatic carbocycles. The Morgan fingerprint density at radius 3 is 2.71 bits per heavy atom. The lowest BCUT2D eigenvalue weighted by molar-refractivity contribution is 0.0935. The van der Waals surface area contributed by atoms with Crippen molar-refractivity contribution in [3.05, 3.63) is 30.1 Å². The molecule has 3 nitrogen and oxygen atoms in total. The topological polar surface area (TPSA) is 42.0 Å². The maximum atomic E-state index is 11.6. The molecule has 1 N–H and O–H groups in total. The average Bonchev–Trinajstić information content (AvgIpc) is 3.02. The second kappa shape index (κ2) is 3.78. The fourth-order valence-electron chi connectivity index (χ4n) is 1.51. The minimum atomic E-state index is 0.00630. The fourth-order valence-corrected chi connectivity index (χ4v) is 1.51. The summed E-state index contributed by atoms with van der Waals surface area (Å²) in [5.41, 5.74) is 0.688. The maximum Gasteiger partial charge on any atom is 0.251 e. The van der Waals surface area contributed by atoms with E-state index < -0.39 is 0 Å². The molecule has 0 aromatic carbocycles. The molecule has 0 bridgehead atoms. The molecule has 1 heterocycles. The zero-order valence-electron chi connectivity index (χ0n) is 8.23. The summed E-state index contributed by atoms with van der Waals surface area (Å²) in [6.07, 6.45) is 5.77. The van der Waals surface area contributed by atoms with Crippen LogP contribution in [-0.4, -0.2) is 16.9 Å². The number of aromatic nitrogens is 1. The molecule has 1 fully saturated rings. The van der Waals surface area contributed by atoms with Gasteiger partial charge in [0.25, 0.3) is 5.91 Å². The largest absolute Gasteiger partial charge is 0.349 e. The van der Waals surface area contributed by atoms with Crippen molar-refractivity contribution < 1.29 is 4.79 Å². The molecule has 14 heavy (non-hydrogen) atoms. The van der Waals surface area contributed by atoms with Gasteiger partial charge in [0.2, 0.25) is 0 Å². The summed E-state index contributed by atoms with van der Waals surface area (Å²) >= 11 is 0. The molecule has 1 aliphatic rings. The van der Waals surface area contributed by atoms with E-state index in [1.165, 1.54) is 12.8 Å². The number of carbonyl (C=O) groups is 1. The Labute approximate surface area is 83.5 Å². The quantitative estimate of drug-likeness (QED) is 0.786. The molecule has 1 amide bonds. The average molecular weight is 190 g/mol. The van der Waals surface area contributed by atoms with Gasteiger partial charge in [0.15, 0.2) is 0 Å². The number of pyridine rings is 1. The van der Waals surface area contributed by atoms with Crippen LogP contribution in [0, 0.1) is 5.92 Å². The van der Waals surface area contributed by atoms with Crippen molar-refractivity contribution >= 4 is 5.91 Å². The van der Waals surface area contributed by atoms with Crippen molar-refractivity contribution in [3.8, 4) is 0 Å². The van der Waals surface area contributed by atoms with Crippen molar-refractivity contribution in [1.29, 1.82) is 0 Å². The Morgan fingerprint density at radius 2 is 2.14 bits per heavy atom. The van der Waals surface area contributed by atoms with Gasteiger partial charge < -0.3 is 5.32 Å². The first-order valence-corrected chi connectivity index (χ1v) is 4.98. The van der Waals surface area contributed by atoms with Gasteiger partial charge in [-0.2, -0.15) is 0 Å². The highest BCUT2D eigenvalue weighted by Crippen LogP contribution is 2.32. The lowest BCUT2D eigenvalue weighted by Gasteiger charge is -2.12. The molecule has 0 spiro atoms. The second-order valence-electron chi connectivity index (χ2n) is 3.84. The highest BCUT2D eigenvalue weighted by atomic mass is 16.1. The second-order valence-corrected chi connectivity index (χ2v) is 3.84. The van der Waals surface area contributed by atoms with E-state index in [9.17, 15) is 4.79 Å². The third kappa shape index (κ3) is 2.10. The SMILES string of the molecule is CC(NC(=O)c1ccncc1)C1CC1. The van der Waals surface area contributed by atoms with Crippen molar-refractivity contribution in [3.63, 3.8) is 0 Å². The monoisotopic (exact) mass is 190 g/mol. The van der Waals surface area contributed by atoms with Crippen molar-refractivity contribution in [2.24, 2.45) is 5.92 Å². The van der Waals surface area contributed by atoms with Crippen molar-refractivity contribution in [2.45, 2.75) is 25.8 Å². The van der Waals surface area contributed by atoms with Crippen molar-refractivity contribution in [1.82, 2.24) is 10.3 Å². The molecule has 1 saturated carbocycles. The van der Waals surface area contributed by atoms with Gasteiger partial charge in [-0.3, -0.25) is 9.78 Å². The van der Waals surface area contributed by atoms with Crippen LogP contribution in [-0.2, 0) is 0 Å². The smallest absolute Gasteiger partial charge is 0.251 e. The van der Waals surface area contributed by atoms with Gasteiger partial charge in [0.05, 0.1) is 0 Å². The number of rotatable bonds is 3. The highest BCUT2D eigenvalue weighted by molar-refractivity contribution is 5.94. The predicted molar refractivity (Wildman–Crippen MR) is 53.9 cm³/mol. The zero-order chi connectivity index (χ0) is 9.97. The summed E-state index contributed by atoms with van der Waals surface area (Å²) in [5, 5.41) is 2.99. The number of carbonyl (C=O) groups excluding carboxylic acids is 1. The van der Waals surface area contributed by atoms with Gasteiger partial charge in [-0.15, -0.1) is 0 Å². The molecular weight excluding hydrogens is 176 g/mol. The summed E-state index contributed by atoms with van der Waals surface area (Å²) < 4.78 is 0. The summed E-state index contributed by atoms with van der Waals surface area (Å²) in [5.74, 6) is 0.701. The van der Waals surface area contributed by atoms with Gasteiger partial charge in [-0.1, -0.05) is 0 Å². The van der Waals surface area contributed by atoms with E-state index in [1.54, 1.807) is 24.5 Å². The Hall–Kier alpha value is -1.38. The number of amides is 1. The van der Waals surface area contributed by atoms with E-state index in [4.69, 9.17) is 0 Å². The molecular formula is C11H14N2O. The first-order chi connectivity index (χ1) is 6.77. The Balaban J connectivity index is 1.95. The molecule has 1 unspecified atom stereocenters. The van der Waals surface area contributed by atoms with E-state index in [1.807, 2.05) is 0 Å². The van der Waals surface area contributed by atoms with Gasteiger partial charge in [-0.05, 0) is 37.8 Å². The molecule has 3 heteroatoms. The number of nitrogens with one attached hydrogen (secondary N) is 1. The molecule has 0 saturated heterocycles. The standard InChI is InChI=1S/C11H14N2O/c1-8(9-2-3-9)13-11(14)10-4-6-12-7-5-10/h4-9H,2-3H2,1H3,(H,13,14). The first kappa shape index (κ1) is 9.19. The van der Waals surface area contributed by atoms with Gasteiger partial charge in [-0.25, -0.2) is 0 Å². The summed E-state index contributed by atoms with van der Waals surface area (Å²) in [7, 11) is 0. The minimum absolute atomic E-state index is 0.00630. The summed E-state index contributed by atoms with van der Waals surface area (Å²) in [4.78, 5) is 15.5. The molecule has 74 valence electrons. The summed E-state index contributed by atoms with van der Waals surface area (Å²) in [6, 6.07) is 3.76. The Kier molecular flexibility index (Phi) is 2.48. The fraction of sp³-hybridized carbons (Fsp3) is 0.455. The molecule has 2 rings (SSSR count). The third-order valence-electron chi connectivity index (χ3n) is 2.63.